The number of halogens is 1. The topological polar surface area (TPSA) is 101 Å². The molecule has 44 heavy (non-hydrogen) atoms. The molecular formula is C34H48FN5O4. The van der Waals surface area contributed by atoms with Crippen LogP contribution in [0.5, 0.6) is 11.5 Å². The van der Waals surface area contributed by atoms with E-state index in [0.29, 0.717) is 54.8 Å². The fraction of sp³-hybridized carbons (Fsp3) is 0.559. The van der Waals surface area contributed by atoms with Crippen molar-refractivity contribution in [2.45, 2.75) is 78.8 Å². The smallest absolute Gasteiger partial charge is 0.223 e. The third-order valence-electron chi connectivity index (χ3n) is 9.21. The number of aliphatic hydroxyl groups excluding tert-OH is 1. The molecular weight excluding hydrogens is 561 g/mol. The highest BCUT2D eigenvalue weighted by atomic mass is 19.1. The van der Waals surface area contributed by atoms with Crippen molar-refractivity contribution in [1.82, 2.24) is 9.47 Å². The lowest BCUT2D eigenvalue weighted by atomic mass is 9.84. The number of hydrogen-bond acceptors (Lipinski definition) is 7. The number of nitrogens with one attached hydrogen (secondary N) is 1. The molecule has 10 heteroatoms. The first kappa shape index (κ1) is 33.2. The zero-order chi connectivity index (χ0) is 31.8. The number of ether oxygens (including phenoxy) is 2. The summed E-state index contributed by atoms with van der Waals surface area (Å²) in [5.41, 5.74) is 3.57. The highest BCUT2D eigenvalue weighted by molar-refractivity contribution is 6.06. The van der Waals surface area contributed by atoms with Gasteiger partial charge in [-0.15, -0.1) is 0 Å². The average molecular weight is 610 g/mol. The molecule has 3 atom stereocenters. The van der Waals surface area contributed by atoms with E-state index in [4.69, 9.17) is 19.5 Å². The normalized spacial score (nSPS) is 18.5. The Morgan fingerprint density at radius 2 is 2.05 bits per heavy atom. The van der Waals surface area contributed by atoms with Gasteiger partial charge in [0, 0.05) is 31.6 Å². The summed E-state index contributed by atoms with van der Waals surface area (Å²) < 4.78 is 28.0. The fourth-order valence-electron chi connectivity index (χ4n) is 6.30. The third-order valence-corrected chi connectivity index (χ3v) is 9.21. The molecule has 0 radical (unpaired) electrons. The standard InChI is InChI=1S/C34H48FN5O4/c1-7-22(4)23(8-2)10-11-24(9-3)29-20-36-27-13-14-31(37-28-18-26(43-5)19-30(44-6)33(28)35)40(34(27)38-29)21-25-12-15-32(42)39(25)16-17-41/h9,13-14,18-19,22-23,25,36,41H,7-8,10-12,15-17,20-21H2,1-6H3. The van der Waals surface area contributed by atoms with Gasteiger partial charge in [0.25, 0.3) is 0 Å². The van der Waals surface area contributed by atoms with Crippen LogP contribution in [0.2, 0.25) is 0 Å². The first-order valence-electron chi connectivity index (χ1n) is 15.9. The van der Waals surface area contributed by atoms with Crippen molar-refractivity contribution >= 4 is 28.8 Å². The van der Waals surface area contributed by atoms with Gasteiger partial charge in [0.2, 0.25) is 5.91 Å². The molecule has 9 nitrogen and oxygen atoms in total. The van der Waals surface area contributed by atoms with E-state index >= 15 is 4.39 Å². The second kappa shape index (κ2) is 15.4. The lowest BCUT2D eigenvalue weighted by Gasteiger charge is -2.28. The first-order valence-corrected chi connectivity index (χ1v) is 15.9. The Hall–Kier alpha value is -3.66. The second-order valence-corrected chi connectivity index (χ2v) is 11.6. The maximum absolute atomic E-state index is 15.4. The van der Waals surface area contributed by atoms with Crippen molar-refractivity contribution in [2.75, 3.05) is 39.2 Å². The molecule has 2 aliphatic heterocycles. The molecule has 0 spiro atoms. The Morgan fingerprint density at radius 1 is 1.25 bits per heavy atom. The molecule has 0 aliphatic carbocycles. The van der Waals surface area contributed by atoms with Crippen LogP contribution in [0.4, 0.5) is 21.6 Å². The summed E-state index contributed by atoms with van der Waals surface area (Å²) >= 11 is 0. The molecule has 1 aromatic heterocycles. The van der Waals surface area contributed by atoms with E-state index in [1.807, 2.05) is 16.7 Å². The van der Waals surface area contributed by atoms with Gasteiger partial charge in [0.05, 0.1) is 44.8 Å². The molecule has 3 unspecified atom stereocenters. The SMILES string of the molecule is CC=C(CCC(CC)C(C)CC)C1=Nc2c(ccc(=Nc3cc(OC)cc(OC)c3F)n2CC2CCC(=O)N2CCO)NC1. The summed E-state index contributed by atoms with van der Waals surface area (Å²) in [5.74, 6) is 1.88. The molecule has 4 rings (SSSR count). The van der Waals surface area contributed by atoms with Crippen LogP contribution in [-0.2, 0) is 11.3 Å². The zero-order valence-corrected chi connectivity index (χ0v) is 27.0. The molecule has 3 heterocycles. The van der Waals surface area contributed by atoms with Gasteiger partial charge >= 0.3 is 0 Å². The van der Waals surface area contributed by atoms with Crippen LogP contribution in [-0.4, -0.2) is 66.2 Å². The number of carbonyl (C=O) groups excluding carboxylic acids is 1. The highest BCUT2D eigenvalue weighted by Crippen LogP contribution is 2.34. The van der Waals surface area contributed by atoms with Gasteiger partial charge in [-0.25, -0.2) is 14.4 Å². The van der Waals surface area contributed by atoms with Gasteiger partial charge in [-0.2, -0.15) is 0 Å². The van der Waals surface area contributed by atoms with Crippen LogP contribution in [0, 0.1) is 17.7 Å². The zero-order valence-electron chi connectivity index (χ0n) is 27.0. The van der Waals surface area contributed by atoms with Crippen LogP contribution < -0.4 is 20.3 Å². The van der Waals surface area contributed by atoms with E-state index < -0.39 is 5.82 Å². The Morgan fingerprint density at radius 3 is 2.70 bits per heavy atom. The number of allylic oxidation sites excluding steroid dienone is 1. The fourth-order valence-corrected chi connectivity index (χ4v) is 6.30. The number of fused-ring (bicyclic) bond motifs is 1. The minimum Gasteiger partial charge on any atom is -0.497 e. The number of anilines is 1. The van der Waals surface area contributed by atoms with Crippen molar-refractivity contribution in [2.24, 2.45) is 21.8 Å². The summed E-state index contributed by atoms with van der Waals surface area (Å²) in [6, 6.07) is 6.60. The van der Waals surface area contributed by atoms with Gasteiger partial charge in [-0.3, -0.25) is 4.79 Å². The Labute approximate surface area is 260 Å². The van der Waals surface area contributed by atoms with Gasteiger partial charge in [0.1, 0.15) is 16.9 Å². The van der Waals surface area contributed by atoms with Crippen LogP contribution in [0.15, 0.2) is 45.9 Å². The van der Waals surface area contributed by atoms with Crippen LogP contribution in [0.25, 0.3) is 0 Å². The van der Waals surface area contributed by atoms with E-state index in [9.17, 15) is 9.90 Å². The molecule has 2 N–H and O–H groups in total. The maximum Gasteiger partial charge on any atom is 0.223 e. The number of β-amino-alcohol motifs (C(OH)–C–C–N with tert-alkyl or cyclic N) is 1. The predicted molar refractivity (Wildman–Crippen MR) is 173 cm³/mol. The number of carbonyl (C=O) groups is 1. The lowest BCUT2D eigenvalue weighted by molar-refractivity contribution is -0.129. The number of nitrogens with zero attached hydrogens (tertiary/aromatic N) is 4. The van der Waals surface area contributed by atoms with E-state index in [0.717, 1.165) is 30.7 Å². The number of methoxy groups -OCH3 is 2. The van der Waals surface area contributed by atoms with E-state index in [1.54, 1.807) is 4.90 Å². The first-order chi connectivity index (χ1) is 21.3. The van der Waals surface area contributed by atoms with Gasteiger partial charge < -0.3 is 29.4 Å². The molecule has 1 amide bonds. The molecule has 240 valence electrons. The number of amides is 1. The van der Waals surface area contributed by atoms with Crippen molar-refractivity contribution < 1.29 is 23.8 Å². The van der Waals surface area contributed by atoms with E-state index in [-0.39, 0.29) is 36.5 Å². The monoisotopic (exact) mass is 609 g/mol. The number of rotatable bonds is 14. The number of pyridine rings is 1. The van der Waals surface area contributed by atoms with Gasteiger partial charge in [0.15, 0.2) is 17.4 Å². The van der Waals surface area contributed by atoms with Crippen molar-refractivity contribution in [1.29, 1.82) is 0 Å². The Kier molecular flexibility index (Phi) is 11.6. The molecule has 2 aromatic rings. The molecule has 0 saturated carbocycles. The number of benzene rings is 1. The van der Waals surface area contributed by atoms with E-state index in [1.165, 1.54) is 38.3 Å². The quantitative estimate of drug-likeness (QED) is 0.267. The van der Waals surface area contributed by atoms with Gasteiger partial charge in [-0.05, 0) is 55.7 Å². The highest BCUT2D eigenvalue weighted by Gasteiger charge is 2.32. The van der Waals surface area contributed by atoms with Crippen LogP contribution in [0.1, 0.15) is 66.2 Å². The number of hydrogen-bond donors (Lipinski definition) is 2. The number of likely N-dealkylation sites (tertiary alicyclic amines) is 1. The maximum atomic E-state index is 15.4. The Balaban J connectivity index is 1.82. The molecule has 0 bridgehead atoms. The van der Waals surface area contributed by atoms with Crippen LogP contribution in [0.3, 0.4) is 0 Å². The summed E-state index contributed by atoms with van der Waals surface area (Å²) in [5, 5.41) is 13.2. The predicted octanol–water partition coefficient (Wildman–Crippen LogP) is 6.16. The lowest BCUT2D eigenvalue weighted by Crippen LogP contribution is -2.40. The molecule has 1 aromatic carbocycles. The summed E-state index contributed by atoms with van der Waals surface area (Å²) in [6.07, 6.45) is 7.58. The third kappa shape index (κ3) is 7.34. The van der Waals surface area contributed by atoms with Crippen molar-refractivity contribution in [3.8, 4) is 11.5 Å². The molecule has 1 fully saturated rings. The number of aromatic nitrogens is 1. The molecule has 1 saturated heterocycles. The number of aliphatic imine (C=N–C) groups is 1. The second-order valence-electron chi connectivity index (χ2n) is 11.6. The molecule has 2 aliphatic rings. The van der Waals surface area contributed by atoms with Crippen molar-refractivity contribution in [3.05, 3.63) is 47.2 Å². The summed E-state index contributed by atoms with van der Waals surface area (Å²) in [6.45, 7) is 10.1. The van der Waals surface area contributed by atoms with E-state index in [2.05, 4.69) is 39.1 Å². The number of aliphatic hydroxyl groups is 1. The minimum absolute atomic E-state index is 0.0156. The minimum atomic E-state index is -0.596. The average Bonchev–Trinajstić information content (AvgIpc) is 3.39. The Bertz CT molecular complexity index is 1450. The van der Waals surface area contributed by atoms with Crippen molar-refractivity contribution in [3.63, 3.8) is 0 Å². The summed E-state index contributed by atoms with van der Waals surface area (Å²) in [4.78, 5) is 24.4. The van der Waals surface area contributed by atoms with Gasteiger partial charge in [-0.1, -0.05) is 39.7 Å². The van der Waals surface area contributed by atoms with Crippen LogP contribution >= 0.6 is 0 Å². The summed E-state index contributed by atoms with van der Waals surface area (Å²) in [7, 11) is 2.91. The largest absolute Gasteiger partial charge is 0.497 e.